The zero-order valence-corrected chi connectivity index (χ0v) is 12.8. The van der Waals surface area contributed by atoms with Crippen LogP contribution in [0.25, 0.3) is 10.9 Å². The highest BCUT2D eigenvalue weighted by Gasteiger charge is 2.49. The van der Waals surface area contributed by atoms with Gasteiger partial charge in [0.1, 0.15) is 0 Å². The lowest BCUT2D eigenvalue weighted by molar-refractivity contribution is -0.127. The van der Waals surface area contributed by atoms with Gasteiger partial charge in [-0.3, -0.25) is 4.98 Å². The molecule has 1 aromatic carbocycles. The lowest BCUT2D eigenvalue weighted by Crippen LogP contribution is -2.66. The summed E-state index contributed by atoms with van der Waals surface area (Å²) in [7, 11) is 0. The summed E-state index contributed by atoms with van der Waals surface area (Å²) < 4.78 is 5.36. The summed E-state index contributed by atoms with van der Waals surface area (Å²) in [6, 6.07) is 8.87. The first kappa shape index (κ1) is 13.1. The van der Waals surface area contributed by atoms with E-state index in [0.717, 1.165) is 38.2 Å². The van der Waals surface area contributed by atoms with E-state index in [-0.39, 0.29) is 0 Å². The zero-order chi connectivity index (χ0) is 14.4. The van der Waals surface area contributed by atoms with Crippen molar-refractivity contribution >= 4 is 16.6 Å². The van der Waals surface area contributed by atoms with Crippen LogP contribution in [0.1, 0.15) is 19.4 Å². The van der Waals surface area contributed by atoms with Crippen LogP contribution in [0, 0.1) is 11.3 Å². The monoisotopic (exact) mass is 282 g/mol. The van der Waals surface area contributed by atoms with Crippen molar-refractivity contribution in [1.29, 1.82) is 0 Å². The third kappa shape index (κ3) is 2.20. The van der Waals surface area contributed by atoms with E-state index in [2.05, 4.69) is 48.0 Å². The molecule has 0 aliphatic carbocycles. The number of rotatable bonds is 3. The van der Waals surface area contributed by atoms with Crippen LogP contribution in [0.15, 0.2) is 30.5 Å². The smallest absolute Gasteiger partial charge is 0.0706 e. The fourth-order valence-corrected chi connectivity index (χ4v) is 3.52. The van der Waals surface area contributed by atoms with Gasteiger partial charge in [-0.05, 0) is 42.2 Å². The Bertz CT molecular complexity index is 668. The molecule has 3 nitrogen and oxygen atoms in total. The van der Waals surface area contributed by atoms with E-state index >= 15 is 0 Å². The maximum absolute atomic E-state index is 5.36. The van der Waals surface area contributed by atoms with Crippen molar-refractivity contribution < 1.29 is 4.74 Å². The van der Waals surface area contributed by atoms with Crippen LogP contribution >= 0.6 is 0 Å². The van der Waals surface area contributed by atoms with Gasteiger partial charge in [0.25, 0.3) is 0 Å². The average Bonchev–Trinajstić information content (AvgIpc) is 2.35. The van der Waals surface area contributed by atoms with Gasteiger partial charge in [0, 0.05) is 30.4 Å². The Labute approximate surface area is 125 Å². The Kier molecular flexibility index (Phi) is 2.93. The van der Waals surface area contributed by atoms with E-state index in [1.165, 1.54) is 16.6 Å². The van der Waals surface area contributed by atoms with Gasteiger partial charge in [0.05, 0.1) is 24.1 Å². The quantitative estimate of drug-likeness (QED) is 0.864. The molecule has 2 aromatic rings. The Hall–Kier alpha value is -1.61. The summed E-state index contributed by atoms with van der Waals surface area (Å²) in [4.78, 5) is 6.98. The summed E-state index contributed by atoms with van der Waals surface area (Å²) in [5, 5.41) is 1.31. The predicted octanol–water partition coefficient (Wildman–Crippen LogP) is 3.27. The van der Waals surface area contributed by atoms with Crippen LogP contribution in [0.3, 0.4) is 0 Å². The summed E-state index contributed by atoms with van der Waals surface area (Å²) >= 11 is 0. The predicted molar refractivity (Wildman–Crippen MR) is 85.8 cm³/mol. The van der Waals surface area contributed by atoms with Crippen LogP contribution in [-0.2, 0) is 11.2 Å². The molecule has 0 bridgehead atoms. The second kappa shape index (κ2) is 4.70. The maximum atomic E-state index is 5.36. The molecular weight excluding hydrogens is 260 g/mol. The fourth-order valence-electron chi connectivity index (χ4n) is 3.52. The van der Waals surface area contributed by atoms with Crippen molar-refractivity contribution in [2.75, 3.05) is 31.2 Å². The standard InChI is InChI=1S/C18H22N2O/c1-13(2)7-14-5-6-19-17-4-3-15(8-16(14)17)20-9-18(10-20)11-21-12-18/h3-6,8,13H,7,9-12H2,1-2H3. The first-order chi connectivity index (χ1) is 10.2. The second-order valence-corrected chi connectivity index (χ2v) is 7.12. The third-order valence-corrected chi connectivity index (χ3v) is 4.68. The highest BCUT2D eigenvalue weighted by atomic mass is 16.5. The van der Waals surface area contributed by atoms with E-state index in [1.807, 2.05) is 6.20 Å². The summed E-state index contributed by atoms with van der Waals surface area (Å²) in [5.74, 6) is 0.665. The molecule has 0 N–H and O–H groups in total. The van der Waals surface area contributed by atoms with Crippen molar-refractivity contribution in [3.8, 4) is 0 Å². The van der Waals surface area contributed by atoms with Gasteiger partial charge in [-0.1, -0.05) is 13.8 Å². The molecule has 4 rings (SSSR count). The number of anilines is 1. The molecule has 0 saturated carbocycles. The van der Waals surface area contributed by atoms with Crippen LogP contribution < -0.4 is 4.90 Å². The molecule has 0 unspecified atom stereocenters. The number of hydrogen-bond acceptors (Lipinski definition) is 3. The number of pyridine rings is 1. The Balaban J connectivity index is 1.65. The molecular formula is C18H22N2O. The van der Waals surface area contributed by atoms with Gasteiger partial charge >= 0.3 is 0 Å². The highest BCUT2D eigenvalue weighted by Crippen LogP contribution is 2.40. The number of aromatic nitrogens is 1. The normalized spacial score (nSPS) is 19.9. The van der Waals surface area contributed by atoms with Crippen molar-refractivity contribution in [2.24, 2.45) is 11.3 Å². The molecule has 2 aliphatic heterocycles. The molecule has 0 radical (unpaired) electrons. The van der Waals surface area contributed by atoms with Gasteiger partial charge in [-0.2, -0.15) is 0 Å². The van der Waals surface area contributed by atoms with Crippen molar-refractivity contribution in [2.45, 2.75) is 20.3 Å². The molecule has 2 fully saturated rings. The lowest BCUT2D eigenvalue weighted by Gasteiger charge is -2.56. The molecule has 0 amide bonds. The molecule has 110 valence electrons. The molecule has 2 aliphatic rings. The second-order valence-electron chi connectivity index (χ2n) is 7.12. The van der Waals surface area contributed by atoms with E-state index in [0.29, 0.717) is 11.3 Å². The van der Waals surface area contributed by atoms with E-state index in [1.54, 1.807) is 0 Å². The van der Waals surface area contributed by atoms with Crippen LogP contribution in [0.2, 0.25) is 0 Å². The molecule has 1 spiro atoms. The molecule has 2 saturated heterocycles. The number of benzene rings is 1. The van der Waals surface area contributed by atoms with E-state index < -0.39 is 0 Å². The van der Waals surface area contributed by atoms with Crippen molar-refractivity contribution in [3.05, 3.63) is 36.0 Å². The number of ether oxygens (including phenoxy) is 1. The van der Waals surface area contributed by atoms with Gasteiger partial charge in [-0.25, -0.2) is 0 Å². The van der Waals surface area contributed by atoms with E-state index in [4.69, 9.17) is 4.74 Å². The molecule has 3 heteroatoms. The molecule has 3 heterocycles. The maximum Gasteiger partial charge on any atom is 0.0706 e. The zero-order valence-electron chi connectivity index (χ0n) is 12.8. The minimum absolute atomic E-state index is 0.463. The number of nitrogens with zero attached hydrogens (tertiary/aromatic N) is 2. The van der Waals surface area contributed by atoms with Gasteiger partial charge in [-0.15, -0.1) is 0 Å². The SMILES string of the molecule is CC(C)Cc1ccnc2ccc(N3CC4(COC4)C3)cc12. The first-order valence-electron chi connectivity index (χ1n) is 7.86. The summed E-state index contributed by atoms with van der Waals surface area (Å²) in [5.41, 5.74) is 4.32. The highest BCUT2D eigenvalue weighted by molar-refractivity contribution is 5.85. The Morgan fingerprint density at radius 2 is 2.05 bits per heavy atom. The minimum Gasteiger partial charge on any atom is -0.380 e. The molecule has 21 heavy (non-hydrogen) atoms. The Morgan fingerprint density at radius 1 is 1.24 bits per heavy atom. The minimum atomic E-state index is 0.463. The topological polar surface area (TPSA) is 25.4 Å². The van der Waals surface area contributed by atoms with Gasteiger partial charge in [0.2, 0.25) is 0 Å². The van der Waals surface area contributed by atoms with E-state index in [9.17, 15) is 0 Å². The molecule has 1 aromatic heterocycles. The van der Waals surface area contributed by atoms with Crippen molar-refractivity contribution in [1.82, 2.24) is 4.98 Å². The van der Waals surface area contributed by atoms with Gasteiger partial charge in [0.15, 0.2) is 0 Å². The third-order valence-electron chi connectivity index (χ3n) is 4.68. The summed E-state index contributed by atoms with van der Waals surface area (Å²) in [6.45, 7) is 8.70. The van der Waals surface area contributed by atoms with Crippen LogP contribution in [-0.4, -0.2) is 31.3 Å². The first-order valence-corrected chi connectivity index (χ1v) is 7.86. The summed E-state index contributed by atoms with van der Waals surface area (Å²) in [6.07, 6.45) is 3.05. The number of hydrogen-bond donors (Lipinski definition) is 0. The average molecular weight is 282 g/mol. The van der Waals surface area contributed by atoms with Crippen LogP contribution in [0.4, 0.5) is 5.69 Å². The van der Waals surface area contributed by atoms with Crippen molar-refractivity contribution in [3.63, 3.8) is 0 Å². The Morgan fingerprint density at radius 3 is 2.71 bits per heavy atom. The fraction of sp³-hybridized carbons (Fsp3) is 0.500. The molecule has 0 atom stereocenters. The largest absolute Gasteiger partial charge is 0.380 e. The van der Waals surface area contributed by atoms with Crippen LogP contribution in [0.5, 0.6) is 0 Å². The van der Waals surface area contributed by atoms with Gasteiger partial charge < -0.3 is 9.64 Å². The lowest BCUT2D eigenvalue weighted by atomic mass is 9.77. The number of fused-ring (bicyclic) bond motifs is 1.